The lowest BCUT2D eigenvalue weighted by Crippen LogP contribution is -2.31. The van der Waals surface area contributed by atoms with Gasteiger partial charge in [0, 0.05) is 38.5 Å². The maximum absolute atomic E-state index is 13.6. The van der Waals surface area contributed by atoms with E-state index >= 15 is 0 Å². The fourth-order valence-corrected chi connectivity index (χ4v) is 6.36. The van der Waals surface area contributed by atoms with Gasteiger partial charge in [-0.3, -0.25) is 9.69 Å². The van der Waals surface area contributed by atoms with Crippen LogP contribution in [-0.2, 0) is 11.2 Å². The highest BCUT2D eigenvalue weighted by atomic mass is 35.5. The molecule has 1 N–H and O–H groups in total. The number of rotatable bonds is 7. The number of nitrogens with one attached hydrogen (secondary N) is 1. The standard InChI is InChI=1S/C32H24ClN3OS2/c33-24-12-16-27(17-13-24)38-26-14-10-22(11-15-26)20-30-31(37)36(32(39-30)35-25-6-2-1-3-7-25)19-18-23-21-34-29-9-5-4-8-28(23)29/h1-17,20-21,34H,18-19H2. The molecular formula is C32H24ClN3OS2. The molecule has 5 aromatic rings. The number of aromatic nitrogens is 1. The van der Waals surface area contributed by atoms with Crippen LogP contribution in [0.5, 0.6) is 0 Å². The zero-order valence-electron chi connectivity index (χ0n) is 20.9. The number of thioether (sulfide) groups is 1. The van der Waals surface area contributed by atoms with Crippen LogP contribution in [0.4, 0.5) is 5.69 Å². The number of carbonyl (C=O) groups excluding carboxylic acids is 1. The number of hydrogen-bond acceptors (Lipinski definition) is 4. The number of amidine groups is 1. The molecule has 1 saturated heterocycles. The van der Waals surface area contributed by atoms with Crippen molar-refractivity contribution in [3.05, 3.63) is 130 Å². The Hall–Kier alpha value is -3.71. The largest absolute Gasteiger partial charge is 0.361 e. The topological polar surface area (TPSA) is 48.5 Å². The first-order valence-corrected chi connectivity index (χ1v) is 14.6. The highest BCUT2D eigenvalue weighted by molar-refractivity contribution is 8.18. The number of halogens is 1. The minimum Gasteiger partial charge on any atom is -0.361 e. The second kappa shape index (κ2) is 11.6. The molecule has 2 heterocycles. The quantitative estimate of drug-likeness (QED) is 0.201. The molecule has 192 valence electrons. The van der Waals surface area contributed by atoms with Crippen LogP contribution in [0.15, 0.2) is 129 Å². The minimum absolute atomic E-state index is 0.0193. The molecule has 7 heteroatoms. The summed E-state index contributed by atoms with van der Waals surface area (Å²) in [4.78, 5) is 26.5. The van der Waals surface area contributed by atoms with E-state index in [1.165, 1.54) is 22.7 Å². The number of benzene rings is 4. The summed E-state index contributed by atoms with van der Waals surface area (Å²) in [6, 6.07) is 34.1. The van der Waals surface area contributed by atoms with E-state index in [1.54, 1.807) is 16.7 Å². The van der Waals surface area contributed by atoms with Crippen molar-refractivity contribution in [2.75, 3.05) is 6.54 Å². The predicted molar refractivity (Wildman–Crippen MR) is 165 cm³/mol. The minimum atomic E-state index is -0.0193. The highest BCUT2D eigenvalue weighted by Crippen LogP contribution is 2.35. The number of aliphatic imine (C=N–C) groups is 1. The Kier molecular flexibility index (Phi) is 7.59. The summed E-state index contributed by atoms with van der Waals surface area (Å²) < 4.78 is 0. The van der Waals surface area contributed by atoms with Crippen molar-refractivity contribution in [3.8, 4) is 0 Å². The van der Waals surface area contributed by atoms with Crippen LogP contribution in [0, 0.1) is 0 Å². The van der Waals surface area contributed by atoms with Gasteiger partial charge in [0.15, 0.2) is 5.17 Å². The zero-order chi connectivity index (χ0) is 26.6. The molecule has 1 amide bonds. The third-order valence-electron chi connectivity index (χ3n) is 6.38. The molecule has 1 fully saturated rings. The van der Waals surface area contributed by atoms with Crippen molar-refractivity contribution in [3.63, 3.8) is 0 Å². The van der Waals surface area contributed by atoms with E-state index in [0.29, 0.717) is 16.6 Å². The molecule has 4 aromatic carbocycles. The average Bonchev–Trinajstić information content (AvgIpc) is 3.50. The van der Waals surface area contributed by atoms with Gasteiger partial charge in [0.2, 0.25) is 0 Å². The Bertz CT molecular complexity index is 1680. The lowest BCUT2D eigenvalue weighted by molar-refractivity contribution is -0.122. The van der Waals surface area contributed by atoms with Crippen molar-refractivity contribution in [1.82, 2.24) is 9.88 Å². The number of carbonyl (C=O) groups is 1. The van der Waals surface area contributed by atoms with Crippen molar-refractivity contribution in [1.29, 1.82) is 0 Å². The van der Waals surface area contributed by atoms with Crippen LogP contribution in [0.1, 0.15) is 11.1 Å². The van der Waals surface area contributed by atoms with Crippen LogP contribution < -0.4 is 0 Å². The molecule has 1 aromatic heterocycles. The number of nitrogens with zero attached hydrogens (tertiary/aromatic N) is 2. The Morgan fingerprint density at radius 3 is 2.33 bits per heavy atom. The van der Waals surface area contributed by atoms with Gasteiger partial charge < -0.3 is 4.98 Å². The molecule has 0 saturated carbocycles. The fraction of sp³-hybridized carbons (Fsp3) is 0.0625. The number of para-hydroxylation sites is 2. The lowest BCUT2D eigenvalue weighted by atomic mass is 10.1. The molecule has 39 heavy (non-hydrogen) atoms. The van der Waals surface area contributed by atoms with Gasteiger partial charge in [-0.25, -0.2) is 4.99 Å². The summed E-state index contributed by atoms with van der Waals surface area (Å²) in [6.45, 7) is 0.549. The van der Waals surface area contributed by atoms with E-state index in [0.717, 1.165) is 38.0 Å². The van der Waals surface area contributed by atoms with E-state index in [4.69, 9.17) is 16.6 Å². The van der Waals surface area contributed by atoms with Gasteiger partial charge in [0.05, 0.1) is 10.6 Å². The van der Waals surface area contributed by atoms with Gasteiger partial charge in [-0.15, -0.1) is 0 Å². The summed E-state index contributed by atoms with van der Waals surface area (Å²) in [5.41, 5.74) is 4.10. The maximum Gasteiger partial charge on any atom is 0.266 e. The van der Waals surface area contributed by atoms with Crippen LogP contribution in [0.3, 0.4) is 0 Å². The molecule has 6 rings (SSSR count). The van der Waals surface area contributed by atoms with Gasteiger partial charge in [0.1, 0.15) is 0 Å². The molecule has 0 radical (unpaired) electrons. The number of aromatic amines is 1. The highest BCUT2D eigenvalue weighted by Gasteiger charge is 2.33. The Labute approximate surface area is 240 Å². The smallest absolute Gasteiger partial charge is 0.266 e. The second-order valence-electron chi connectivity index (χ2n) is 9.03. The fourth-order valence-electron chi connectivity index (χ4n) is 4.39. The Morgan fingerprint density at radius 2 is 1.56 bits per heavy atom. The van der Waals surface area contributed by atoms with Crippen molar-refractivity contribution >= 4 is 68.9 Å². The molecule has 1 aliphatic heterocycles. The molecule has 0 unspecified atom stereocenters. The summed E-state index contributed by atoms with van der Waals surface area (Å²) in [7, 11) is 0. The van der Waals surface area contributed by atoms with Gasteiger partial charge in [-0.05, 0) is 90.0 Å². The average molecular weight is 566 g/mol. The maximum atomic E-state index is 13.6. The summed E-state index contributed by atoms with van der Waals surface area (Å²) in [6.07, 6.45) is 4.72. The van der Waals surface area contributed by atoms with E-state index in [1.807, 2.05) is 91.1 Å². The molecule has 1 aliphatic rings. The van der Waals surface area contributed by atoms with Crippen molar-refractivity contribution in [2.24, 2.45) is 4.99 Å². The van der Waals surface area contributed by atoms with Gasteiger partial charge >= 0.3 is 0 Å². The third kappa shape index (κ3) is 5.98. The molecule has 0 bridgehead atoms. The number of amides is 1. The zero-order valence-corrected chi connectivity index (χ0v) is 23.3. The van der Waals surface area contributed by atoms with Crippen LogP contribution in [-0.4, -0.2) is 27.5 Å². The number of H-pyrrole nitrogens is 1. The third-order valence-corrected chi connectivity index (χ3v) is 8.65. The lowest BCUT2D eigenvalue weighted by Gasteiger charge is -2.15. The van der Waals surface area contributed by atoms with Crippen LogP contribution in [0.2, 0.25) is 5.02 Å². The first-order valence-electron chi connectivity index (χ1n) is 12.6. The van der Waals surface area contributed by atoms with Crippen molar-refractivity contribution < 1.29 is 4.79 Å². The Balaban J connectivity index is 1.23. The molecule has 0 aliphatic carbocycles. The van der Waals surface area contributed by atoms with E-state index in [2.05, 4.69) is 29.2 Å². The first-order chi connectivity index (χ1) is 19.1. The van der Waals surface area contributed by atoms with Gasteiger partial charge in [-0.2, -0.15) is 0 Å². The SMILES string of the molecule is O=C1C(=Cc2ccc(Sc3ccc(Cl)cc3)cc2)SC(=Nc2ccccc2)N1CCc1c[nH]c2ccccc12. The first kappa shape index (κ1) is 25.6. The molecule has 0 atom stereocenters. The summed E-state index contributed by atoms with van der Waals surface area (Å²) in [5, 5.41) is 2.61. The van der Waals surface area contributed by atoms with E-state index in [-0.39, 0.29) is 5.91 Å². The van der Waals surface area contributed by atoms with Gasteiger partial charge in [0.25, 0.3) is 5.91 Å². The van der Waals surface area contributed by atoms with Crippen LogP contribution in [0.25, 0.3) is 17.0 Å². The molecule has 4 nitrogen and oxygen atoms in total. The molecule has 0 spiro atoms. The summed E-state index contributed by atoms with van der Waals surface area (Å²) >= 11 is 9.11. The second-order valence-corrected chi connectivity index (χ2v) is 11.6. The van der Waals surface area contributed by atoms with Crippen LogP contribution >= 0.6 is 35.1 Å². The summed E-state index contributed by atoms with van der Waals surface area (Å²) in [5.74, 6) is -0.0193. The van der Waals surface area contributed by atoms with Crippen molar-refractivity contribution in [2.45, 2.75) is 16.2 Å². The van der Waals surface area contributed by atoms with Gasteiger partial charge in [-0.1, -0.05) is 71.9 Å². The van der Waals surface area contributed by atoms with E-state index in [9.17, 15) is 4.79 Å². The normalized spacial score (nSPS) is 15.6. The Morgan fingerprint density at radius 1 is 0.872 bits per heavy atom. The van der Waals surface area contributed by atoms with E-state index < -0.39 is 0 Å². The molecular weight excluding hydrogens is 542 g/mol. The monoisotopic (exact) mass is 565 g/mol. The number of fused-ring (bicyclic) bond motifs is 1. The predicted octanol–water partition coefficient (Wildman–Crippen LogP) is 8.82. The number of hydrogen-bond donors (Lipinski definition) is 1.